The zero-order valence-corrected chi connectivity index (χ0v) is 11.8. The molecule has 0 atom stereocenters. The van der Waals surface area contributed by atoms with E-state index in [1.54, 1.807) is 0 Å². The Kier molecular flexibility index (Phi) is 4.79. The van der Waals surface area contributed by atoms with E-state index in [0.717, 1.165) is 18.7 Å². The molecule has 1 fully saturated rings. The van der Waals surface area contributed by atoms with Crippen LogP contribution in [0.1, 0.15) is 31.2 Å². The Bertz CT molecular complexity index is 421. The molecule has 1 aromatic rings. The van der Waals surface area contributed by atoms with Gasteiger partial charge in [-0.2, -0.15) is 11.8 Å². The third-order valence-electron chi connectivity index (χ3n) is 3.77. The van der Waals surface area contributed by atoms with Gasteiger partial charge in [-0.15, -0.1) is 0 Å². The lowest BCUT2D eigenvalue weighted by Crippen LogP contribution is -2.34. The van der Waals surface area contributed by atoms with Crippen LogP contribution in [-0.4, -0.2) is 17.5 Å². The highest BCUT2D eigenvalue weighted by Crippen LogP contribution is 2.39. The van der Waals surface area contributed by atoms with Gasteiger partial charge in [0.15, 0.2) is 17.5 Å². The van der Waals surface area contributed by atoms with E-state index in [9.17, 15) is 13.2 Å². The topological polar surface area (TPSA) is 12.0 Å². The van der Waals surface area contributed by atoms with Crippen molar-refractivity contribution in [1.82, 2.24) is 5.32 Å². The Hall–Kier alpha value is -0.680. The van der Waals surface area contributed by atoms with Gasteiger partial charge in [-0.05, 0) is 36.8 Å². The fourth-order valence-corrected chi connectivity index (χ4v) is 3.56. The van der Waals surface area contributed by atoms with Crippen LogP contribution < -0.4 is 5.32 Å². The Morgan fingerprint density at radius 3 is 2.26 bits per heavy atom. The first-order valence-corrected chi connectivity index (χ1v) is 7.68. The summed E-state index contributed by atoms with van der Waals surface area (Å²) in [7, 11) is 0. The van der Waals surface area contributed by atoms with Crippen LogP contribution in [0.5, 0.6) is 0 Å². The van der Waals surface area contributed by atoms with Crippen LogP contribution in [0.4, 0.5) is 13.2 Å². The highest BCUT2D eigenvalue weighted by Gasteiger charge is 2.32. The zero-order valence-electron chi connectivity index (χ0n) is 10.9. The predicted octanol–water partition coefficient (Wildman–Crippen LogP) is 3.87. The monoisotopic (exact) mass is 289 g/mol. The van der Waals surface area contributed by atoms with Gasteiger partial charge in [0.1, 0.15) is 0 Å². The molecule has 1 aliphatic carbocycles. The molecule has 0 radical (unpaired) electrons. The second-order valence-corrected chi connectivity index (χ2v) is 6.35. The number of halogens is 3. The van der Waals surface area contributed by atoms with Crippen LogP contribution >= 0.6 is 11.8 Å². The maximum absolute atomic E-state index is 13.1. The number of hydrogen-bond donors (Lipinski definition) is 1. The third-order valence-corrected chi connectivity index (χ3v) is 5.19. The molecule has 0 aliphatic heterocycles. The molecule has 5 heteroatoms. The second-order valence-electron chi connectivity index (χ2n) is 5.07. The Balaban J connectivity index is 1.92. The van der Waals surface area contributed by atoms with E-state index in [1.807, 2.05) is 11.8 Å². The number of hydrogen-bond acceptors (Lipinski definition) is 2. The highest BCUT2D eigenvalue weighted by atomic mass is 32.2. The van der Waals surface area contributed by atoms with Crippen LogP contribution in [0, 0.1) is 17.5 Å². The van der Waals surface area contributed by atoms with Crippen LogP contribution in [0.25, 0.3) is 0 Å². The van der Waals surface area contributed by atoms with Crippen molar-refractivity contribution >= 4 is 11.8 Å². The normalized spacial score (nSPS) is 17.9. The average Bonchev–Trinajstić information content (AvgIpc) is 2.85. The standard InChI is InChI=1S/C14H18F3NS/c1-19-14(4-2-3-5-14)9-18-8-10-6-11(15)13(17)12(16)7-10/h6-7,18H,2-5,8-9H2,1H3. The number of benzene rings is 1. The maximum Gasteiger partial charge on any atom is 0.194 e. The fourth-order valence-electron chi connectivity index (χ4n) is 2.62. The number of rotatable bonds is 5. The molecule has 0 amide bonds. The Labute approximate surface area is 116 Å². The van der Waals surface area contributed by atoms with Gasteiger partial charge in [-0.25, -0.2) is 13.2 Å². The first-order chi connectivity index (χ1) is 9.06. The third kappa shape index (κ3) is 3.45. The van der Waals surface area contributed by atoms with E-state index in [-0.39, 0.29) is 4.75 Å². The zero-order chi connectivity index (χ0) is 13.9. The van der Waals surface area contributed by atoms with Gasteiger partial charge >= 0.3 is 0 Å². The van der Waals surface area contributed by atoms with Crippen LogP contribution in [0.2, 0.25) is 0 Å². The SMILES string of the molecule is CSC1(CNCc2cc(F)c(F)c(F)c2)CCCC1. The van der Waals surface area contributed by atoms with Gasteiger partial charge in [0.25, 0.3) is 0 Å². The van der Waals surface area contributed by atoms with Gasteiger partial charge in [0.2, 0.25) is 0 Å². The molecule has 1 nitrogen and oxygen atoms in total. The summed E-state index contributed by atoms with van der Waals surface area (Å²) in [6, 6.07) is 2.09. The molecule has 0 aromatic heterocycles. The predicted molar refractivity (Wildman–Crippen MR) is 72.7 cm³/mol. The molecule has 1 aromatic carbocycles. The van der Waals surface area contributed by atoms with E-state index in [0.29, 0.717) is 12.1 Å². The van der Waals surface area contributed by atoms with Crippen LogP contribution in [-0.2, 0) is 6.54 Å². The lowest BCUT2D eigenvalue weighted by Gasteiger charge is -2.27. The molecular formula is C14H18F3NS. The van der Waals surface area contributed by atoms with Crippen molar-refractivity contribution in [3.63, 3.8) is 0 Å². The van der Waals surface area contributed by atoms with Gasteiger partial charge in [0.05, 0.1) is 0 Å². The van der Waals surface area contributed by atoms with Crippen molar-refractivity contribution in [2.24, 2.45) is 0 Å². The molecule has 1 aliphatic rings. The molecule has 0 bridgehead atoms. The lowest BCUT2D eigenvalue weighted by molar-refractivity contribution is 0.443. The van der Waals surface area contributed by atoms with Gasteiger partial charge in [-0.1, -0.05) is 12.8 Å². The van der Waals surface area contributed by atoms with Crippen LogP contribution in [0.3, 0.4) is 0 Å². The van der Waals surface area contributed by atoms with Crippen molar-refractivity contribution in [1.29, 1.82) is 0 Å². The summed E-state index contributed by atoms with van der Waals surface area (Å²) in [5.74, 6) is -3.66. The van der Waals surface area contributed by atoms with E-state index in [1.165, 1.54) is 25.7 Å². The van der Waals surface area contributed by atoms with Crippen molar-refractivity contribution < 1.29 is 13.2 Å². The summed E-state index contributed by atoms with van der Waals surface area (Å²) < 4.78 is 39.2. The molecule has 2 rings (SSSR count). The average molecular weight is 289 g/mol. The summed E-state index contributed by atoms with van der Waals surface area (Å²) in [6.07, 6.45) is 6.93. The van der Waals surface area contributed by atoms with Gasteiger partial charge < -0.3 is 5.32 Å². The molecule has 0 spiro atoms. The first-order valence-electron chi connectivity index (χ1n) is 6.46. The molecule has 106 valence electrons. The minimum Gasteiger partial charge on any atom is -0.311 e. The summed E-state index contributed by atoms with van der Waals surface area (Å²) >= 11 is 1.85. The molecular weight excluding hydrogens is 271 g/mol. The molecule has 0 saturated heterocycles. The quantitative estimate of drug-likeness (QED) is 0.826. The smallest absolute Gasteiger partial charge is 0.194 e. The summed E-state index contributed by atoms with van der Waals surface area (Å²) in [6.45, 7) is 1.17. The van der Waals surface area contributed by atoms with Gasteiger partial charge in [-0.3, -0.25) is 0 Å². The van der Waals surface area contributed by atoms with Crippen molar-refractivity contribution in [3.8, 4) is 0 Å². The summed E-state index contributed by atoms with van der Waals surface area (Å²) in [4.78, 5) is 0. The van der Waals surface area contributed by atoms with E-state index >= 15 is 0 Å². The molecule has 19 heavy (non-hydrogen) atoms. The van der Waals surface area contributed by atoms with E-state index < -0.39 is 17.5 Å². The fraction of sp³-hybridized carbons (Fsp3) is 0.571. The summed E-state index contributed by atoms with van der Waals surface area (Å²) in [5, 5.41) is 3.23. The lowest BCUT2D eigenvalue weighted by atomic mass is 10.1. The minimum atomic E-state index is -1.40. The number of thioether (sulfide) groups is 1. The molecule has 1 N–H and O–H groups in total. The summed E-state index contributed by atoms with van der Waals surface area (Å²) in [5.41, 5.74) is 0.436. The number of nitrogens with one attached hydrogen (secondary N) is 1. The van der Waals surface area contributed by atoms with E-state index in [4.69, 9.17) is 0 Å². The highest BCUT2D eigenvalue weighted by molar-refractivity contribution is 8.00. The minimum absolute atomic E-state index is 0.247. The molecule has 0 unspecified atom stereocenters. The second kappa shape index (κ2) is 6.18. The van der Waals surface area contributed by atoms with Crippen LogP contribution in [0.15, 0.2) is 12.1 Å². The Morgan fingerprint density at radius 2 is 1.74 bits per heavy atom. The van der Waals surface area contributed by atoms with Gasteiger partial charge in [0, 0.05) is 17.8 Å². The van der Waals surface area contributed by atoms with Crippen molar-refractivity contribution in [3.05, 3.63) is 35.1 Å². The molecule has 0 heterocycles. The maximum atomic E-state index is 13.1. The largest absolute Gasteiger partial charge is 0.311 e. The molecule has 1 saturated carbocycles. The first kappa shape index (κ1) is 14.7. The van der Waals surface area contributed by atoms with E-state index in [2.05, 4.69) is 11.6 Å². The van der Waals surface area contributed by atoms with Crippen molar-refractivity contribution in [2.75, 3.05) is 12.8 Å². The van der Waals surface area contributed by atoms with Crippen molar-refractivity contribution in [2.45, 2.75) is 37.0 Å². The Morgan fingerprint density at radius 1 is 1.16 bits per heavy atom.